The van der Waals surface area contributed by atoms with Crippen molar-refractivity contribution in [3.8, 4) is 0 Å². The maximum atomic E-state index is 11.0. The highest BCUT2D eigenvalue weighted by molar-refractivity contribution is 6.35. The summed E-state index contributed by atoms with van der Waals surface area (Å²) in [7, 11) is 0. The number of nitrogens with one attached hydrogen (secondary N) is 1. The number of nitro benzene ring substituents is 1. The first-order valence-corrected chi connectivity index (χ1v) is 6.22. The number of hydrogen-bond acceptors (Lipinski definition) is 5. The first-order chi connectivity index (χ1) is 9.99. The van der Waals surface area contributed by atoms with Crippen molar-refractivity contribution in [3.05, 3.63) is 62.8 Å². The molecule has 0 atom stereocenters. The van der Waals surface area contributed by atoms with Gasteiger partial charge in [-0.05, 0) is 11.6 Å². The van der Waals surface area contributed by atoms with Gasteiger partial charge in [-0.25, -0.2) is 9.78 Å². The van der Waals surface area contributed by atoms with Gasteiger partial charge in [0.05, 0.1) is 15.5 Å². The SMILES string of the molecule is O=C(O)c1ccnc(NCc2cccc([N+](=O)[O-])c2)c1Cl. The highest BCUT2D eigenvalue weighted by Crippen LogP contribution is 2.24. The number of aromatic nitrogens is 1. The molecule has 0 aliphatic rings. The predicted molar refractivity (Wildman–Crippen MR) is 76.6 cm³/mol. The highest BCUT2D eigenvalue weighted by atomic mass is 35.5. The van der Waals surface area contributed by atoms with Crippen LogP contribution in [0.4, 0.5) is 11.5 Å². The minimum Gasteiger partial charge on any atom is -0.478 e. The van der Waals surface area contributed by atoms with Crippen LogP contribution in [0.25, 0.3) is 0 Å². The van der Waals surface area contributed by atoms with E-state index >= 15 is 0 Å². The van der Waals surface area contributed by atoms with Gasteiger partial charge in [0, 0.05) is 24.9 Å². The largest absolute Gasteiger partial charge is 0.478 e. The van der Waals surface area contributed by atoms with Crippen LogP contribution in [0.3, 0.4) is 0 Å². The van der Waals surface area contributed by atoms with Crippen molar-refractivity contribution in [2.24, 2.45) is 0 Å². The topological polar surface area (TPSA) is 105 Å². The Morgan fingerprint density at radius 2 is 2.19 bits per heavy atom. The number of pyridine rings is 1. The van der Waals surface area contributed by atoms with E-state index in [4.69, 9.17) is 16.7 Å². The van der Waals surface area contributed by atoms with Crippen LogP contribution in [0.2, 0.25) is 5.02 Å². The molecule has 108 valence electrons. The summed E-state index contributed by atoms with van der Waals surface area (Å²) < 4.78 is 0. The molecule has 1 aromatic carbocycles. The molecule has 2 rings (SSSR count). The van der Waals surface area contributed by atoms with Crippen molar-refractivity contribution < 1.29 is 14.8 Å². The standard InChI is InChI=1S/C13H10ClN3O4/c14-11-10(13(18)19)4-5-15-12(11)16-7-8-2-1-3-9(6-8)17(20)21/h1-6H,7H2,(H,15,16)(H,18,19). The van der Waals surface area contributed by atoms with Crippen molar-refractivity contribution in [2.75, 3.05) is 5.32 Å². The van der Waals surface area contributed by atoms with E-state index in [0.717, 1.165) is 0 Å². The summed E-state index contributed by atoms with van der Waals surface area (Å²) in [6.07, 6.45) is 1.32. The second-order valence-electron chi connectivity index (χ2n) is 4.11. The molecule has 1 heterocycles. The molecule has 0 aliphatic heterocycles. The molecule has 0 unspecified atom stereocenters. The predicted octanol–water partition coefficient (Wildman–Crippen LogP) is 2.95. The maximum absolute atomic E-state index is 11.0. The Labute approximate surface area is 124 Å². The van der Waals surface area contributed by atoms with Crippen LogP contribution in [0.15, 0.2) is 36.5 Å². The van der Waals surface area contributed by atoms with E-state index in [1.165, 1.54) is 24.4 Å². The number of carbonyl (C=O) groups is 1. The number of carboxylic acid groups (broad SMARTS) is 1. The first kappa shape index (κ1) is 14.7. The molecule has 2 aromatic rings. The summed E-state index contributed by atoms with van der Waals surface area (Å²) in [5.74, 6) is -0.941. The van der Waals surface area contributed by atoms with Crippen molar-refractivity contribution in [3.63, 3.8) is 0 Å². The zero-order valence-electron chi connectivity index (χ0n) is 10.6. The van der Waals surface area contributed by atoms with Crippen molar-refractivity contribution in [1.82, 2.24) is 4.98 Å². The quantitative estimate of drug-likeness (QED) is 0.650. The third kappa shape index (κ3) is 3.46. The van der Waals surface area contributed by atoms with Crippen LogP contribution >= 0.6 is 11.6 Å². The molecule has 0 spiro atoms. The molecule has 0 radical (unpaired) electrons. The van der Waals surface area contributed by atoms with Crippen LogP contribution in [0.5, 0.6) is 0 Å². The Morgan fingerprint density at radius 1 is 1.43 bits per heavy atom. The molecule has 0 bridgehead atoms. The van der Waals surface area contributed by atoms with Gasteiger partial charge in [-0.2, -0.15) is 0 Å². The summed E-state index contributed by atoms with van der Waals surface area (Å²) >= 11 is 5.94. The number of nitro groups is 1. The summed E-state index contributed by atoms with van der Waals surface area (Å²) in [5, 5.41) is 22.5. The minimum atomic E-state index is -1.15. The number of halogens is 1. The zero-order valence-corrected chi connectivity index (χ0v) is 11.4. The van der Waals surface area contributed by atoms with E-state index in [2.05, 4.69) is 10.3 Å². The summed E-state index contributed by atoms with van der Waals surface area (Å²) in [4.78, 5) is 25.1. The van der Waals surface area contributed by atoms with E-state index in [9.17, 15) is 14.9 Å². The number of hydrogen-bond donors (Lipinski definition) is 2. The van der Waals surface area contributed by atoms with Crippen LogP contribution in [0, 0.1) is 10.1 Å². The lowest BCUT2D eigenvalue weighted by atomic mass is 10.2. The molecule has 0 aliphatic carbocycles. The lowest BCUT2D eigenvalue weighted by molar-refractivity contribution is -0.384. The number of nitrogens with zero attached hydrogens (tertiary/aromatic N) is 2. The minimum absolute atomic E-state index is 0.00423. The van der Waals surface area contributed by atoms with Crippen molar-refractivity contribution in [1.29, 1.82) is 0 Å². The van der Waals surface area contributed by atoms with Crippen molar-refractivity contribution >= 4 is 29.1 Å². The van der Waals surface area contributed by atoms with Crippen LogP contribution in [-0.2, 0) is 6.54 Å². The number of anilines is 1. The fourth-order valence-electron chi connectivity index (χ4n) is 1.70. The number of benzene rings is 1. The van der Waals surface area contributed by atoms with Gasteiger partial charge in [0.2, 0.25) is 0 Å². The normalized spacial score (nSPS) is 10.1. The molecular formula is C13H10ClN3O4. The summed E-state index contributed by atoms with van der Waals surface area (Å²) in [6.45, 7) is 0.234. The summed E-state index contributed by atoms with van der Waals surface area (Å²) in [5.41, 5.74) is 0.573. The zero-order chi connectivity index (χ0) is 15.4. The molecule has 0 amide bonds. The number of carboxylic acids is 1. The highest BCUT2D eigenvalue weighted by Gasteiger charge is 2.13. The number of aromatic carboxylic acids is 1. The van der Waals surface area contributed by atoms with E-state index in [0.29, 0.717) is 5.56 Å². The second-order valence-corrected chi connectivity index (χ2v) is 4.48. The Hall–Kier alpha value is -2.67. The lowest BCUT2D eigenvalue weighted by Gasteiger charge is -2.08. The van der Waals surface area contributed by atoms with E-state index in [1.807, 2.05) is 0 Å². The third-order valence-electron chi connectivity index (χ3n) is 2.70. The Morgan fingerprint density at radius 3 is 2.86 bits per heavy atom. The Balaban J connectivity index is 2.17. The van der Waals surface area contributed by atoms with E-state index in [1.54, 1.807) is 12.1 Å². The lowest BCUT2D eigenvalue weighted by Crippen LogP contribution is -2.06. The monoisotopic (exact) mass is 307 g/mol. The first-order valence-electron chi connectivity index (χ1n) is 5.84. The average Bonchev–Trinajstić information content (AvgIpc) is 2.46. The molecule has 7 nitrogen and oxygen atoms in total. The molecule has 1 aromatic heterocycles. The fourth-order valence-corrected chi connectivity index (χ4v) is 1.96. The molecule has 0 saturated carbocycles. The van der Waals surface area contributed by atoms with Gasteiger partial charge in [-0.3, -0.25) is 10.1 Å². The molecular weight excluding hydrogens is 298 g/mol. The third-order valence-corrected chi connectivity index (χ3v) is 3.08. The van der Waals surface area contributed by atoms with Gasteiger partial charge in [-0.1, -0.05) is 23.7 Å². The molecule has 0 saturated heterocycles. The average molecular weight is 308 g/mol. The van der Waals surface area contributed by atoms with E-state index < -0.39 is 10.9 Å². The number of non-ortho nitro benzene ring substituents is 1. The van der Waals surface area contributed by atoms with Crippen LogP contribution in [-0.4, -0.2) is 21.0 Å². The summed E-state index contributed by atoms with van der Waals surface area (Å²) in [6, 6.07) is 7.37. The fraction of sp³-hybridized carbons (Fsp3) is 0.0769. The smallest absolute Gasteiger partial charge is 0.337 e. The molecule has 8 heteroatoms. The molecule has 21 heavy (non-hydrogen) atoms. The van der Waals surface area contributed by atoms with E-state index in [-0.39, 0.29) is 28.6 Å². The van der Waals surface area contributed by atoms with Gasteiger partial charge < -0.3 is 10.4 Å². The van der Waals surface area contributed by atoms with Crippen molar-refractivity contribution in [2.45, 2.75) is 6.54 Å². The second kappa shape index (κ2) is 6.19. The van der Waals surface area contributed by atoms with Gasteiger partial charge in [0.1, 0.15) is 5.82 Å². The van der Waals surface area contributed by atoms with Gasteiger partial charge >= 0.3 is 5.97 Å². The van der Waals surface area contributed by atoms with Gasteiger partial charge in [0.15, 0.2) is 0 Å². The molecule has 0 fully saturated rings. The molecule has 2 N–H and O–H groups in total. The van der Waals surface area contributed by atoms with Gasteiger partial charge in [-0.15, -0.1) is 0 Å². The van der Waals surface area contributed by atoms with Gasteiger partial charge in [0.25, 0.3) is 5.69 Å². The number of rotatable bonds is 5. The Kier molecular flexibility index (Phi) is 4.34. The van der Waals surface area contributed by atoms with Crippen LogP contribution < -0.4 is 5.32 Å². The maximum Gasteiger partial charge on any atom is 0.337 e. The Bertz CT molecular complexity index is 706. The van der Waals surface area contributed by atoms with Crippen LogP contribution in [0.1, 0.15) is 15.9 Å².